The Bertz CT molecular complexity index is 452. The lowest BCUT2D eigenvalue weighted by molar-refractivity contribution is 0.0695. The Hall–Kier alpha value is -2.17. The predicted octanol–water partition coefficient (Wildman–Crippen LogP) is 1.59. The van der Waals surface area contributed by atoms with Crippen LogP contribution in [0, 0.1) is 6.92 Å². The lowest BCUT2D eigenvalue weighted by Crippen LogP contribution is -2.09. The molecule has 1 rings (SSSR count). The van der Waals surface area contributed by atoms with Gasteiger partial charge in [-0.1, -0.05) is 0 Å². The van der Waals surface area contributed by atoms with E-state index in [4.69, 9.17) is 10.2 Å². The third kappa shape index (κ3) is 2.08. The smallest absolute Gasteiger partial charge is 0.336 e. The van der Waals surface area contributed by atoms with Crippen LogP contribution in [-0.2, 0) is 0 Å². The zero-order chi connectivity index (χ0) is 12.5. The highest BCUT2D eigenvalue weighted by Crippen LogP contribution is 2.18. The van der Waals surface area contributed by atoms with Gasteiger partial charge in [-0.15, -0.1) is 0 Å². The van der Waals surface area contributed by atoms with E-state index >= 15 is 0 Å². The monoisotopic (exact) mass is 222 g/mol. The molecule has 0 bridgehead atoms. The summed E-state index contributed by atoms with van der Waals surface area (Å²) in [5.41, 5.74) is 0.0422. The van der Waals surface area contributed by atoms with E-state index in [9.17, 15) is 14.4 Å². The molecule has 0 heterocycles. The molecule has 0 fully saturated rings. The second-order valence-corrected chi connectivity index (χ2v) is 3.36. The maximum absolute atomic E-state index is 11.2. The summed E-state index contributed by atoms with van der Waals surface area (Å²) in [4.78, 5) is 32.9. The number of carboxylic acids is 2. The van der Waals surface area contributed by atoms with Crippen LogP contribution in [0.4, 0.5) is 0 Å². The Balaban J connectivity index is 3.57. The fourth-order valence-electron chi connectivity index (χ4n) is 1.43. The van der Waals surface area contributed by atoms with E-state index in [0.29, 0.717) is 0 Å². The van der Waals surface area contributed by atoms with E-state index in [1.807, 2.05) is 0 Å². The van der Waals surface area contributed by atoms with Crippen LogP contribution in [0.5, 0.6) is 0 Å². The number of hydrogen-bond donors (Lipinski definition) is 2. The first kappa shape index (κ1) is 11.9. The van der Waals surface area contributed by atoms with E-state index in [2.05, 4.69) is 0 Å². The Morgan fingerprint density at radius 2 is 1.50 bits per heavy atom. The average molecular weight is 222 g/mol. The molecule has 16 heavy (non-hydrogen) atoms. The normalized spacial score (nSPS) is 9.88. The molecule has 0 radical (unpaired) electrons. The summed E-state index contributed by atoms with van der Waals surface area (Å²) < 4.78 is 0. The van der Waals surface area contributed by atoms with Crippen LogP contribution in [0.15, 0.2) is 12.1 Å². The maximum Gasteiger partial charge on any atom is 0.336 e. The van der Waals surface area contributed by atoms with Gasteiger partial charge in [-0.05, 0) is 31.5 Å². The Morgan fingerprint density at radius 1 is 1.00 bits per heavy atom. The minimum absolute atomic E-state index is 0.123. The quantitative estimate of drug-likeness (QED) is 0.757. The Kier molecular flexibility index (Phi) is 3.08. The van der Waals surface area contributed by atoms with Crippen LogP contribution in [-0.4, -0.2) is 27.9 Å². The van der Waals surface area contributed by atoms with Crippen molar-refractivity contribution in [3.05, 3.63) is 34.4 Å². The highest BCUT2D eigenvalue weighted by molar-refractivity contribution is 6.03. The molecule has 0 aliphatic carbocycles. The molecule has 5 nitrogen and oxygen atoms in total. The Labute approximate surface area is 91.3 Å². The molecule has 2 N–H and O–H groups in total. The van der Waals surface area contributed by atoms with Crippen LogP contribution >= 0.6 is 0 Å². The zero-order valence-corrected chi connectivity index (χ0v) is 8.77. The van der Waals surface area contributed by atoms with E-state index in [1.54, 1.807) is 0 Å². The molecule has 0 atom stereocenters. The second kappa shape index (κ2) is 4.14. The molecule has 1 aromatic rings. The number of aromatic carboxylic acids is 2. The summed E-state index contributed by atoms with van der Waals surface area (Å²) in [6.07, 6.45) is 0. The number of carbonyl (C=O) groups is 3. The van der Waals surface area contributed by atoms with Crippen LogP contribution in [0.1, 0.15) is 43.6 Å². The van der Waals surface area contributed by atoms with E-state index in [1.165, 1.54) is 19.9 Å². The van der Waals surface area contributed by atoms with Gasteiger partial charge in [-0.2, -0.15) is 0 Å². The molecule has 5 heteroatoms. The van der Waals surface area contributed by atoms with E-state index < -0.39 is 11.9 Å². The largest absolute Gasteiger partial charge is 0.478 e. The van der Waals surface area contributed by atoms with Crippen LogP contribution < -0.4 is 0 Å². The van der Waals surface area contributed by atoms with Crippen LogP contribution in [0.2, 0.25) is 0 Å². The first-order chi connectivity index (χ1) is 7.34. The van der Waals surface area contributed by atoms with Gasteiger partial charge in [0.25, 0.3) is 0 Å². The highest BCUT2D eigenvalue weighted by atomic mass is 16.4. The van der Waals surface area contributed by atoms with Crippen molar-refractivity contribution >= 4 is 17.7 Å². The van der Waals surface area contributed by atoms with Crippen molar-refractivity contribution in [3.8, 4) is 0 Å². The standard InChI is InChI=1S/C11H10O5/c1-5-8(6(2)12)3-7(10(13)14)4-9(5)11(15)16/h3-4H,1-2H3,(H,13,14)(H,15,16). The Morgan fingerprint density at radius 3 is 1.88 bits per heavy atom. The van der Waals surface area contributed by atoms with Gasteiger partial charge in [-0.25, -0.2) is 9.59 Å². The van der Waals surface area contributed by atoms with Gasteiger partial charge in [0.1, 0.15) is 0 Å². The van der Waals surface area contributed by atoms with E-state index in [0.717, 1.165) is 6.07 Å². The van der Waals surface area contributed by atoms with Gasteiger partial charge in [0.2, 0.25) is 0 Å². The second-order valence-electron chi connectivity index (χ2n) is 3.36. The maximum atomic E-state index is 11.2. The van der Waals surface area contributed by atoms with Crippen molar-refractivity contribution in [3.63, 3.8) is 0 Å². The number of hydrogen-bond acceptors (Lipinski definition) is 3. The average Bonchev–Trinajstić information content (AvgIpc) is 2.16. The first-order valence-electron chi connectivity index (χ1n) is 4.46. The van der Waals surface area contributed by atoms with Crippen LogP contribution in [0.25, 0.3) is 0 Å². The molecular weight excluding hydrogens is 212 g/mol. The summed E-state index contributed by atoms with van der Waals surface area (Å²) >= 11 is 0. The third-order valence-corrected chi connectivity index (χ3v) is 2.26. The van der Waals surface area contributed by atoms with Gasteiger partial charge < -0.3 is 10.2 Å². The first-order valence-corrected chi connectivity index (χ1v) is 4.46. The molecule has 0 saturated heterocycles. The molecule has 0 amide bonds. The number of carboxylic acid groups (broad SMARTS) is 2. The molecular formula is C11H10O5. The highest BCUT2D eigenvalue weighted by Gasteiger charge is 2.17. The fraction of sp³-hybridized carbons (Fsp3) is 0.182. The van der Waals surface area contributed by atoms with Crippen molar-refractivity contribution < 1.29 is 24.6 Å². The predicted molar refractivity (Wildman–Crippen MR) is 55.1 cm³/mol. The summed E-state index contributed by atoms with van der Waals surface area (Å²) in [6, 6.07) is 2.24. The van der Waals surface area contributed by atoms with Crippen molar-refractivity contribution in [1.29, 1.82) is 0 Å². The molecule has 84 valence electrons. The summed E-state index contributed by atoms with van der Waals surface area (Å²) in [6.45, 7) is 2.74. The summed E-state index contributed by atoms with van der Waals surface area (Å²) in [5.74, 6) is -2.86. The van der Waals surface area contributed by atoms with Crippen molar-refractivity contribution in [2.24, 2.45) is 0 Å². The van der Waals surface area contributed by atoms with Gasteiger partial charge in [0.15, 0.2) is 5.78 Å². The molecule has 0 aromatic heterocycles. The number of ketones is 1. The minimum atomic E-state index is -1.26. The van der Waals surface area contributed by atoms with Gasteiger partial charge in [-0.3, -0.25) is 4.79 Å². The molecule has 0 aliphatic heterocycles. The van der Waals surface area contributed by atoms with Crippen molar-refractivity contribution in [2.75, 3.05) is 0 Å². The van der Waals surface area contributed by atoms with Gasteiger partial charge >= 0.3 is 11.9 Å². The molecule has 0 saturated carbocycles. The van der Waals surface area contributed by atoms with E-state index in [-0.39, 0.29) is 28.0 Å². The molecule has 0 unspecified atom stereocenters. The minimum Gasteiger partial charge on any atom is -0.478 e. The lowest BCUT2D eigenvalue weighted by atomic mass is 9.96. The summed E-state index contributed by atoms with van der Waals surface area (Å²) in [5, 5.41) is 17.7. The molecule has 0 spiro atoms. The lowest BCUT2D eigenvalue weighted by Gasteiger charge is -2.07. The summed E-state index contributed by atoms with van der Waals surface area (Å²) in [7, 11) is 0. The number of carbonyl (C=O) groups excluding carboxylic acids is 1. The van der Waals surface area contributed by atoms with Crippen molar-refractivity contribution in [1.82, 2.24) is 0 Å². The number of benzene rings is 1. The molecule has 1 aromatic carbocycles. The SMILES string of the molecule is CC(=O)c1cc(C(=O)O)cc(C(=O)O)c1C. The number of rotatable bonds is 3. The topological polar surface area (TPSA) is 91.7 Å². The van der Waals surface area contributed by atoms with Crippen LogP contribution in [0.3, 0.4) is 0 Å². The fourth-order valence-corrected chi connectivity index (χ4v) is 1.43. The molecule has 0 aliphatic rings. The van der Waals surface area contributed by atoms with Gasteiger partial charge in [0, 0.05) is 5.56 Å². The van der Waals surface area contributed by atoms with Gasteiger partial charge in [0.05, 0.1) is 11.1 Å². The zero-order valence-electron chi connectivity index (χ0n) is 8.77. The third-order valence-electron chi connectivity index (χ3n) is 2.26. The van der Waals surface area contributed by atoms with Crippen molar-refractivity contribution in [2.45, 2.75) is 13.8 Å². The number of Topliss-reactive ketones (excluding diaryl/α,β-unsaturated/α-hetero) is 1.